The smallest absolute Gasteiger partial charge is 0.338 e. The predicted octanol–water partition coefficient (Wildman–Crippen LogP) is 5.72. The maximum Gasteiger partial charge on any atom is 0.338 e. The molecule has 3 aromatic carbocycles. The van der Waals surface area contributed by atoms with Crippen molar-refractivity contribution in [2.75, 3.05) is 7.11 Å². The van der Waals surface area contributed by atoms with Crippen LogP contribution in [-0.2, 0) is 17.7 Å². The van der Waals surface area contributed by atoms with Gasteiger partial charge >= 0.3 is 5.97 Å². The van der Waals surface area contributed by atoms with Crippen LogP contribution in [-0.4, -0.2) is 17.6 Å². The number of halogens is 1. The van der Waals surface area contributed by atoms with Gasteiger partial charge in [-0.05, 0) is 40.3 Å². The molecule has 0 unspecified atom stereocenters. The number of rotatable bonds is 5. The quantitative estimate of drug-likeness (QED) is 0.409. The van der Waals surface area contributed by atoms with Gasteiger partial charge in [0.15, 0.2) is 0 Å². The van der Waals surface area contributed by atoms with E-state index in [4.69, 9.17) is 16.3 Å². The number of hydrogen-bond donors (Lipinski definition) is 0. The summed E-state index contributed by atoms with van der Waals surface area (Å²) < 4.78 is 7.20. The van der Waals surface area contributed by atoms with E-state index in [0.29, 0.717) is 17.0 Å². The summed E-state index contributed by atoms with van der Waals surface area (Å²) in [5.41, 5.74) is 4.99. The molecule has 0 aliphatic rings. The van der Waals surface area contributed by atoms with Crippen molar-refractivity contribution in [1.29, 1.82) is 0 Å². The first-order valence-corrected chi connectivity index (χ1v) is 9.51. The average Bonchev–Trinajstić information content (AvgIpc) is 3.13. The van der Waals surface area contributed by atoms with Gasteiger partial charge in [0.2, 0.25) is 0 Å². The van der Waals surface area contributed by atoms with Crippen molar-refractivity contribution in [3.8, 4) is 0 Å². The number of nitrogens with zero attached hydrogens (tertiary/aromatic N) is 1. The molecule has 0 amide bonds. The number of methoxy groups -OCH3 is 1. The lowest BCUT2D eigenvalue weighted by atomic mass is 9.98. The van der Waals surface area contributed by atoms with Crippen LogP contribution in [0.1, 0.15) is 27.0 Å². The third-order valence-electron chi connectivity index (χ3n) is 4.93. The molecule has 3 nitrogen and oxygen atoms in total. The molecule has 0 radical (unpaired) electrons. The van der Waals surface area contributed by atoms with Crippen LogP contribution < -0.4 is 0 Å². The number of ether oxygens (including phenoxy) is 1. The summed E-state index contributed by atoms with van der Waals surface area (Å²) in [4.78, 5) is 12.2. The average molecular weight is 390 g/mol. The van der Waals surface area contributed by atoms with E-state index in [2.05, 4.69) is 59.3 Å². The molecule has 28 heavy (non-hydrogen) atoms. The van der Waals surface area contributed by atoms with E-state index < -0.39 is 0 Å². The van der Waals surface area contributed by atoms with E-state index in [9.17, 15) is 4.79 Å². The van der Waals surface area contributed by atoms with Gasteiger partial charge in [-0.3, -0.25) is 0 Å². The van der Waals surface area contributed by atoms with Crippen molar-refractivity contribution >= 4 is 28.5 Å². The number of carbonyl (C=O) groups is 1. The van der Waals surface area contributed by atoms with E-state index >= 15 is 0 Å². The first-order valence-electron chi connectivity index (χ1n) is 9.13. The zero-order chi connectivity index (χ0) is 19.5. The van der Waals surface area contributed by atoms with Crippen molar-refractivity contribution in [1.82, 2.24) is 4.57 Å². The van der Waals surface area contributed by atoms with E-state index in [1.807, 2.05) is 18.2 Å². The van der Waals surface area contributed by atoms with Crippen molar-refractivity contribution in [3.05, 3.63) is 106 Å². The highest BCUT2D eigenvalue weighted by atomic mass is 35.5. The van der Waals surface area contributed by atoms with Crippen molar-refractivity contribution in [2.45, 2.75) is 13.0 Å². The Bertz CT molecular complexity index is 1130. The van der Waals surface area contributed by atoms with Crippen molar-refractivity contribution in [2.24, 2.45) is 0 Å². The monoisotopic (exact) mass is 389 g/mol. The molecule has 0 fully saturated rings. The molecule has 0 saturated heterocycles. The summed E-state index contributed by atoms with van der Waals surface area (Å²) in [6.45, 7) is 0.797. The minimum Gasteiger partial charge on any atom is -0.465 e. The number of para-hydroxylation sites is 1. The fourth-order valence-electron chi connectivity index (χ4n) is 3.60. The van der Waals surface area contributed by atoms with Gasteiger partial charge in [-0.15, -0.1) is 0 Å². The largest absolute Gasteiger partial charge is 0.465 e. The molecule has 0 aliphatic carbocycles. The number of benzene rings is 3. The first kappa shape index (κ1) is 18.3. The molecule has 0 N–H and O–H groups in total. The number of hydrogen-bond acceptors (Lipinski definition) is 2. The summed E-state index contributed by atoms with van der Waals surface area (Å²) in [7, 11) is 1.39. The molecule has 4 rings (SSSR count). The Morgan fingerprint density at radius 2 is 1.79 bits per heavy atom. The van der Waals surface area contributed by atoms with Gasteiger partial charge in [0.1, 0.15) is 0 Å². The van der Waals surface area contributed by atoms with Crippen LogP contribution in [0.15, 0.2) is 79.0 Å². The van der Waals surface area contributed by atoms with Crippen LogP contribution in [0.2, 0.25) is 5.02 Å². The minimum absolute atomic E-state index is 0.371. The lowest BCUT2D eigenvalue weighted by Crippen LogP contribution is -2.07. The van der Waals surface area contributed by atoms with Gasteiger partial charge < -0.3 is 9.30 Å². The maximum absolute atomic E-state index is 12.2. The Kier molecular flexibility index (Phi) is 5.18. The van der Waals surface area contributed by atoms with Crippen LogP contribution in [0.25, 0.3) is 10.9 Å². The zero-order valence-corrected chi connectivity index (χ0v) is 16.3. The maximum atomic E-state index is 12.2. The standard InChI is InChI=1S/C24H20ClNO2/c1-28-24(27)22-15-21(25)11-10-19(22)14-20-9-5-8-18-12-13-26(23(18)20)16-17-6-3-2-4-7-17/h2-13,15H,14,16H2,1H3. The minimum atomic E-state index is -0.371. The fourth-order valence-corrected chi connectivity index (χ4v) is 3.78. The van der Waals surface area contributed by atoms with Gasteiger partial charge in [0, 0.05) is 24.2 Å². The highest BCUT2D eigenvalue weighted by molar-refractivity contribution is 6.31. The Morgan fingerprint density at radius 3 is 2.57 bits per heavy atom. The Labute approximate surface area is 169 Å². The molecule has 0 bridgehead atoms. The third-order valence-corrected chi connectivity index (χ3v) is 5.16. The summed E-state index contributed by atoms with van der Waals surface area (Å²) in [5, 5.41) is 1.71. The van der Waals surface area contributed by atoms with E-state index in [1.54, 1.807) is 6.07 Å². The highest BCUT2D eigenvalue weighted by Crippen LogP contribution is 2.26. The SMILES string of the molecule is COC(=O)c1cc(Cl)ccc1Cc1cccc2ccn(Cc3ccccc3)c12. The van der Waals surface area contributed by atoms with Gasteiger partial charge in [0.25, 0.3) is 0 Å². The molecule has 0 saturated carbocycles. The van der Waals surface area contributed by atoms with Crippen LogP contribution in [0.4, 0.5) is 0 Å². The molecular weight excluding hydrogens is 370 g/mol. The van der Waals surface area contributed by atoms with Crippen molar-refractivity contribution in [3.63, 3.8) is 0 Å². The molecule has 0 aliphatic heterocycles. The second-order valence-corrected chi connectivity index (χ2v) is 7.19. The topological polar surface area (TPSA) is 31.2 Å². The summed E-state index contributed by atoms with van der Waals surface area (Å²) in [6.07, 6.45) is 2.74. The van der Waals surface area contributed by atoms with E-state index in [0.717, 1.165) is 17.7 Å². The molecule has 4 heteroatoms. The second-order valence-electron chi connectivity index (χ2n) is 6.75. The summed E-state index contributed by atoms with van der Waals surface area (Å²) >= 11 is 6.10. The van der Waals surface area contributed by atoms with Gasteiger partial charge in [-0.25, -0.2) is 4.79 Å². The number of esters is 1. The normalized spacial score (nSPS) is 10.9. The molecule has 0 spiro atoms. The number of aromatic nitrogens is 1. The van der Waals surface area contributed by atoms with Crippen LogP contribution in [0.3, 0.4) is 0 Å². The van der Waals surface area contributed by atoms with Gasteiger partial charge in [-0.2, -0.15) is 0 Å². The molecule has 140 valence electrons. The van der Waals surface area contributed by atoms with Crippen LogP contribution in [0.5, 0.6) is 0 Å². The summed E-state index contributed by atoms with van der Waals surface area (Å²) in [5.74, 6) is -0.371. The van der Waals surface area contributed by atoms with Crippen molar-refractivity contribution < 1.29 is 9.53 Å². The molecule has 1 aromatic heterocycles. The van der Waals surface area contributed by atoms with Gasteiger partial charge in [0.05, 0.1) is 18.2 Å². The fraction of sp³-hybridized carbons (Fsp3) is 0.125. The first-order chi connectivity index (χ1) is 13.7. The van der Waals surface area contributed by atoms with Crippen LogP contribution in [0, 0.1) is 0 Å². The predicted molar refractivity (Wildman–Crippen MR) is 113 cm³/mol. The van der Waals surface area contributed by atoms with E-state index in [-0.39, 0.29) is 5.97 Å². The third kappa shape index (κ3) is 3.67. The van der Waals surface area contributed by atoms with Crippen LogP contribution >= 0.6 is 11.6 Å². The zero-order valence-electron chi connectivity index (χ0n) is 15.6. The lowest BCUT2D eigenvalue weighted by Gasteiger charge is -2.13. The highest BCUT2D eigenvalue weighted by Gasteiger charge is 2.15. The molecule has 4 aromatic rings. The Balaban J connectivity index is 1.76. The Hall–Kier alpha value is -3.04. The lowest BCUT2D eigenvalue weighted by molar-refractivity contribution is 0.0599. The number of carbonyl (C=O) groups excluding carboxylic acids is 1. The number of fused-ring (bicyclic) bond motifs is 1. The second kappa shape index (κ2) is 7.91. The molecular formula is C24H20ClNO2. The van der Waals surface area contributed by atoms with E-state index in [1.165, 1.54) is 23.6 Å². The molecule has 1 heterocycles. The summed E-state index contributed by atoms with van der Waals surface area (Å²) in [6, 6.07) is 24.2. The Morgan fingerprint density at radius 1 is 0.964 bits per heavy atom. The van der Waals surface area contributed by atoms with Gasteiger partial charge in [-0.1, -0.05) is 66.2 Å². The molecule has 0 atom stereocenters.